The van der Waals surface area contributed by atoms with Crippen LogP contribution in [0, 0.1) is 5.82 Å². The molecule has 3 rings (SSSR count). The maximum Gasteiger partial charge on any atom is 0.124 e. The van der Waals surface area contributed by atoms with Gasteiger partial charge >= 0.3 is 0 Å². The molecule has 0 bridgehead atoms. The van der Waals surface area contributed by atoms with Crippen LogP contribution in [-0.2, 0) is 6.54 Å². The highest BCUT2D eigenvalue weighted by atomic mass is 35.5. The van der Waals surface area contributed by atoms with E-state index < -0.39 is 0 Å². The minimum Gasteiger partial charge on any atom is -0.309 e. The molecule has 1 fully saturated rings. The van der Waals surface area contributed by atoms with E-state index in [4.69, 9.17) is 11.6 Å². The van der Waals surface area contributed by atoms with Gasteiger partial charge in [-0.1, -0.05) is 48.0 Å². The van der Waals surface area contributed by atoms with Gasteiger partial charge in [0.1, 0.15) is 5.82 Å². The summed E-state index contributed by atoms with van der Waals surface area (Å²) in [5, 5.41) is 7.54. The molecule has 0 spiro atoms. The van der Waals surface area contributed by atoms with E-state index >= 15 is 0 Å². The summed E-state index contributed by atoms with van der Waals surface area (Å²) in [7, 11) is 0. The van der Waals surface area contributed by atoms with Crippen molar-refractivity contribution >= 4 is 11.6 Å². The first kappa shape index (κ1) is 14.5. The molecule has 1 heterocycles. The van der Waals surface area contributed by atoms with E-state index in [9.17, 15) is 4.39 Å². The van der Waals surface area contributed by atoms with Crippen molar-refractivity contribution in [1.82, 2.24) is 10.6 Å². The molecule has 1 aliphatic heterocycles. The van der Waals surface area contributed by atoms with E-state index in [0.29, 0.717) is 23.7 Å². The highest BCUT2D eigenvalue weighted by Crippen LogP contribution is 2.24. The molecule has 0 unspecified atom stereocenters. The fourth-order valence-corrected chi connectivity index (χ4v) is 3.07. The third-order valence-corrected chi connectivity index (χ3v) is 4.30. The van der Waals surface area contributed by atoms with E-state index in [-0.39, 0.29) is 5.82 Å². The topological polar surface area (TPSA) is 24.1 Å². The molecule has 0 aromatic heterocycles. The molecule has 1 aliphatic rings. The zero-order valence-corrected chi connectivity index (χ0v) is 12.4. The van der Waals surface area contributed by atoms with Crippen molar-refractivity contribution in [2.24, 2.45) is 0 Å². The van der Waals surface area contributed by atoms with Crippen molar-refractivity contribution in [2.75, 3.05) is 6.54 Å². The molecule has 4 heteroatoms. The van der Waals surface area contributed by atoms with Gasteiger partial charge in [-0.25, -0.2) is 4.39 Å². The second-order valence-electron chi connectivity index (χ2n) is 5.35. The lowest BCUT2D eigenvalue weighted by Crippen LogP contribution is -2.34. The smallest absolute Gasteiger partial charge is 0.124 e. The third kappa shape index (κ3) is 3.43. The average molecular weight is 305 g/mol. The fraction of sp³-hybridized carbons (Fsp3) is 0.294. The summed E-state index contributed by atoms with van der Waals surface area (Å²) < 4.78 is 13.1. The van der Waals surface area contributed by atoms with Gasteiger partial charge in [0.25, 0.3) is 0 Å². The first-order valence-electron chi connectivity index (χ1n) is 7.19. The van der Waals surface area contributed by atoms with E-state index in [1.807, 2.05) is 6.07 Å². The van der Waals surface area contributed by atoms with Crippen LogP contribution in [0.3, 0.4) is 0 Å². The normalized spacial score (nSPS) is 21.6. The minimum absolute atomic E-state index is 0.298. The van der Waals surface area contributed by atoms with Gasteiger partial charge in [-0.15, -0.1) is 0 Å². The molecular weight excluding hydrogens is 287 g/mol. The zero-order chi connectivity index (χ0) is 14.7. The maximum absolute atomic E-state index is 13.1. The van der Waals surface area contributed by atoms with Gasteiger partial charge < -0.3 is 10.6 Å². The summed E-state index contributed by atoms with van der Waals surface area (Å²) in [6.07, 6.45) is 1.07. The Hall–Kier alpha value is -1.42. The molecule has 2 atom stereocenters. The molecular formula is C17H18ClFN2. The van der Waals surface area contributed by atoms with E-state index in [1.165, 1.54) is 17.7 Å². The van der Waals surface area contributed by atoms with E-state index in [2.05, 4.69) is 34.9 Å². The van der Waals surface area contributed by atoms with E-state index in [1.54, 1.807) is 6.07 Å². The van der Waals surface area contributed by atoms with Crippen LogP contribution in [0.4, 0.5) is 4.39 Å². The largest absolute Gasteiger partial charge is 0.309 e. The van der Waals surface area contributed by atoms with Crippen LogP contribution in [0.5, 0.6) is 0 Å². The number of hydrogen-bond acceptors (Lipinski definition) is 2. The van der Waals surface area contributed by atoms with Gasteiger partial charge in [0.05, 0.1) is 0 Å². The number of halogens is 2. The van der Waals surface area contributed by atoms with Crippen molar-refractivity contribution < 1.29 is 4.39 Å². The SMILES string of the molecule is Fc1ccc(CN[C@@H]2CCN[C@@H]2c2ccccc2)c(Cl)c1. The average Bonchev–Trinajstić information content (AvgIpc) is 2.96. The monoisotopic (exact) mass is 304 g/mol. The summed E-state index contributed by atoms with van der Waals surface area (Å²) >= 11 is 6.07. The Morgan fingerprint density at radius 3 is 2.76 bits per heavy atom. The first-order chi connectivity index (χ1) is 10.2. The lowest BCUT2D eigenvalue weighted by Gasteiger charge is -2.21. The molecule has 2 N–H and O–H groups in total. The molecule has 0 aliphatic carbocycles. The van der Waals surface area contributed by atoms with Crippen LogP contribution in [0.25, 0.3) is 0 Å². The molecule has 2 aromatic carbocycles. The Labute approximate surface area is 129 Å². The van der Waals surface area contributed by atoms with Gasteiger partial charge in [-0.05, 0) is 36.2 Å². The van der Waals surface area contributed by atoms with Crippen LogP contribution in [0.15, 0.2) is 48.5 Å². The molecule has 0 saturated carbocycles. The lowest BCUT2D eigenvalue weighted by atomic mass is 10.0. The summed E-state index contributed by atoms with van der Waals surface area (Å²) in [6.45, 7) is 1.64. The molecule has 0 amide bonds. The molecule has 2 nitrogen and oxygen atoms in total. The Morgan fingerprint density at radius 2 is 2.00 bits per heavy atom. The Balaban J connectivity index is 1.67. The number of benzene rings is 2. The Bertz CT molecular complexity index is 603. The van der Waals surface area contributed by atoms with Gasteiger partial charge in [-0.2, -0.15) is 0 Å². The first-order valence-corrected chi connectivity index (χ1v) is 7.57. The van der Waals surface area contributed by atoms with Crippen LogP contribution in [-0.4, -0.2) is 12.6 Å². The van der Waals surface area contributed by atoms with Crippen LogP contribution in [0.1, 0.15) is 23.6 Å². The molecule has 0 radical (unpaired) electrons. The van der Waals surface area contributed by atoms with Gasteiger partial charge in [-0.3, -0.25) is 0 Å². The zero-order valence-electron chi connectivity index (χ0n) is 11.7. The van der Waals surface area contributed by atoms with Gasteiger partial charge in [0.15, 0.2) is 0 Å². The van der Waals surface area contributed by atoms with Crippen molar-refractivity contribution in [3.8, 4) is 0 Å². The maximum atomic E-state index is 13.1. The summed E-state index contributed by atoms with van der Waals surface area (Å²) in [5.74, 6) is -0.298. The third-order valence-electron chi connectivity index (χ3n) is 3.95. The highest BCUT2D eigenvalue weighted by Gasteiger charge is 2.27. The molecule has 21 heavy (non-hydrogen) atoms. The second kappa shape index (κ2) is 6.56. The minimum atomic E-state index is -0.298. The van der Waals surface area contributed by atoms with Crippen LogP contribution >= 0.6 is 11.6 Å². The number of hydrogen-bond donors (Lipinski definition) is 2. The predicted molar refractivity (Wildman–Crippen MR) is 83.8 cm³/mol. The van der Waals surface area contributed by atoms with Crippen molar-refractivity contribution in [3.05, 3.63) is 70.5 Å². The number of rotatable bonds is 4. The quantitative estimate of drug-likeness (QED) is 0.900. The van der Waals surface area contributed by atoms with Crippen molar-refractivity contribution in [3.63, 3.8) is 0 Å². The Kier molecular flexibility index (Phi) is 4.54. The van der Waals surface area contributed by atoms with Crippen LogP contribution in [0.2, 0.25) is 5.02 Å². The Morgan fingerprint density at radius 1 is 1.19 bits per heavy atom. The fourth-order valence-electron chi connectivity index (χ4n) is 2.84. The predicted octanol–water partition coefficient (Wildman–Crippen LogP) is 3.67. The van der Waals surface area contributed by atoms with Gasteiger partial charge in [0.2, 0.25) is 0 Å². The van der Waals surface area contributed by atoms with Gasteiger partial charge in [0, 0.05) is 23.7 Å². The molecule has 1 saturated heterocycles. The summed E-state index contributed by atoms with van der Waals surface area (Å²) in [4.78, 5) is 0. The molecule has 110 valence electrons. The second-order valence-corrected chi connectivity index (χ2v) is 5.76. The lowest BCUT2D eigenvalue weighted by molar-refractivity contribution is 0.461. The highest BCUT2D eigenvalue weighted by molar-refractivity contribution is 6.31. The van der Waals surface area contributed by atoms with Crippen molar-refractivity contribution in [1.29, 1.82) is 0 Å². The molecule has 2 aromatic rings. The standard InChI is InChI=1S/C17H18ClFN2/c18-15-10-14(19)7-6-13(15)11-21-16-8-9-20-17(16)12-4-2-1-3-5-12/h1-7,10,16-17,20-21H,8-9,11H2/t16-,17-/m1/s1. The summed E-state index contributed by atoms with van der Waals surface area (Å²) in [5.41, 5.74) is 2.22. The summed E-state index contributed by atoms with van der Waals surface area (Å²) in [6, 6.07) is 15.6. The van der Waals surface area contributed by atoms with Crippen LogP contribution < -0.4 is 10.6 Å². The number of nitrogens with one attached hydrogen (secondary N) is 2. The van der Waals surface area contributed by atoms with Crippen molar-refractivity contribution in [2.45, 2.75) is 25.0 Å². The van der Waals surface area contributed by atoms with E-state index in [0.717, 1.165) is 18.5 Å².